The Morgan fingerprint density at radius 1 is 0.552 bits per heavy atom. The molecule has 58 heavy (non-hydrogen) atoms. The van der Waals surface area contributed by atoms with Crippen LogP contribution < -0.4 is 4.89 Å². The van der Waals surface area contributed by atoms with Crippen LogP contribution in [0.4, 0.5) is 0 Å². The molecule has 0 aliphatic heterocycles. The lowest BCUT2D eigenvalue weighted by molar-refractivity contribution is -0.870. The van der Waals surface area contributed by atoms with Gasteiger partial charge >= 0.3 is 11.9 Å². The first-order valence-electron chi connectivity index (χ1n) is 23.0. The zero-order chi connectivity index (χ0) is 42.8. The quantitative estimate of drug-likeness (QED) is 0.0197. The molecule has 0 fully saturated rings. The molecule has 0 aromatic heterocycles. The second-order valence-corrected chi connectivity index (χ2v) is 17.8. The first kappa shape index (κ1) is 55.7. The van der Waals surface area contributed by atoms with Crippen molar-refractivity contribution in [1.82, 2.24) is 0 Å². The predicted octanol–water partition coefficient (Wildman–Crippen LogP) is 12.6. The van der Waals surface area contributed by atoms with Gasteiger partial charge in [0, 0.05) is 12.8 Å². The summed E-state index contributed by atoms with van der Waals surface area (Å²) >= 11 is 0. The number of rotatable bonds is 41. The topological polar surface area (TPSA) is 111 Å². The summed E-state index contributed by atoms with van der Waals surface area (Å²) in [5.74, 6) is -0.857. The van der Waals surface area contributed by atoms with Gasteiger partial charge in [-0.2, -0.15) is 0 Å². The van der Waals surface area contributed by atoms with E-state index in [4.69, 9.17) is 18.5 Å². The number of likely N-dealkylation sites (N-methyl/N-ethyl adjacent to an activating group) is 1. The molecule has 10 heteroatoms. The molecule has 0 heterocycles. The zero-order valence-corrected chi connectivity index (χ0v) is 38.6. The van der Waals surface area contributed by atoms with E-state index < -0.39 is 32.5 Å². The number of carbonyl (C=O) groups is 2. The Bertz CT molecular complexity index is 1170. The Kier molecular flexibility index (Phi) is 38.5. The second-order valence-electron chi connectivity index (χ2n) is 16.4. The van der Waals surface area contributed by atoms with Crippen LogP contribution in [-0.4, -0.2) is 70.0 Å². The van der Waals surface area contributed by atoms with Gasteiger partial charge in [-0.05, 0) is 57.8 Å². The van der Waals surface area contributed by atoms with E-state index in [0.717, 1.165) is 83.5 Å². The van der Waals surface area contributed by atoms with Gasteiger partial charge in [-0.1, -0.05) is 171 Å². The van der Waals surface area contributed by atoms with Crippen molar-refractivity contribution in [2.24, 2.45) is 0 Å². The lowest BCUT2D eigenvalue weighted by Crippen LogP contribution is -2.37. The average molecular weight is 836 g/mol. The number of nitrogens with zero attached hydrogens (tertiary/aromatic N) is 1. The van der Waals surface area contributed by atoms with Gasteiger partial charge in [0.1, 0.15) is 19.8 Å². The molecule has 0 aromatic carbocycles. The average Bonchev–Trinajstić information content (AvgIpc) is 3.17. The maximum Gasteiger partial charge on any atom is 0.306 e. The SMILES string of the molecule is CC/C=C\C/C=C\C/C=C\C/C=C\C/C=C\CCCCCCCC(=O)OC(COC(=O)CCCCCCCCCCCCCCC)COP(=O)([O-])OCC[N+](C)(C)C. The Labute approximate surface area is 356 Å². The van der Waals surface area contributed by atoms with Crippen molar-refractivity contribution in [3.05, 3.63) is 60.8 Å². The number of unbranched alkanes of at least 4 members (excludes halogenated alkanes) is 17. The molecule has 0 spiro atoms. The second kappa shape index (κ2) is 40.1. The predicted molar refractivity (Wildman–Crippen MR) is 240 cm³/mol. The van der Waals surface area contributed by atoms with Crippen LogP contribution in [0.15, 0.2) is 60.8 Å². The smallest absolute Gasteiger partial charge is 0.306 e. The van der Waals surface area contributed by atoms with Gasteiger partial charge in [0.25, 0.3) is 7.82 Å². The molecule has 2 unspecified atom stereocenters. The van der Waals surface area contributed by atoms with Crippen molar-refractivity contribution in [2.75, 3.05) is 47.5 Å². The van der Waals surface area contributed by atoms with Crippen LogP contribution in [0.5, 0.6) is 0 Å². The first-order valence-corrected chi connectivity index (χ1v) is 24.5. The van der Waals surface area contributed by atoms with E-state index in [2.05, 4.69) is 74.6 Å². The van der Waals surface area contributed by atoms with Crippen molar-refractivity contribution in [3.63, 3.8) is 0 Å². The van der Waals surface area contributed by atoms with Gasteiger partial charge in [0.05, 0.1) is 27.7 Å². The summed E-state index contributed by atoms with van der Waals surface area (Å²) in [5, 5.41) is 0. The summed E-state index contributed by atoms with van der Waals surface area (Å²) in [6.45, 7) is 4.09. The van der Waals surface area contributed by atoms with Crippen LogP contribution in [0, 0.1) is 0 Å². The van der Waals surface area contributed by atoms with Crippen molar-refractivity contribution in [3.8, 4) is 0 Å². The summed E-state index contributed by atoms with van der Waals surface area (Å²) in [6, 6.07) is 0. The fourth-order valence-electron chi connectivity index (χ4n) is 5.97. The molecular weight excluding hydrogens is 750 g/mol. The molecule has 0 aliphatic carbocycles. The Morgan fingerprint density at radius 2 is 0.983 bits per heavy atom. The standard InChI is InChI=1S/C48H86NO8P/c1-6-8-10-12-14-16-18-20-21-22-23-24-25-26-27-29-31-33-35-37-39-41-48(51)57-46(45-56-58(52,53)55-43-42-49(3,4)5)44-54-47(50)40-38-36-34-32-30-28-19-17-15-13-11-9-7-2/h8,10,14,16,20-21,23-24,26-27,46H,6-7,9,11-13,15,17-19,22,25,28-45H2,1-5H3/b10-8-,16-14-,21-20-,24-23-,27-26-. The molecule has 0 aliphatic rings. The Hall–Kier alpha value is -2.29. The van der Waals surface area contributed by atoms with Gasteiger partial charge in [0.2, 0.25) is 0 Å². The van der Waals surface area contributed by atoms with E-state index in [9.17, 15) is 19.0 Å². The number of hydrogen-bond acceptors (Lipinski definition) is 8. The molecular formula is C48H86NO8P. The summed E-state index contributed by atoms with van der Waals surface area (Å²) in [4.78, 5) is 37.6. The van der Waals surface area contributed by atoms with Crippen molar-refractivity contribution >= 4 is 19.8 Å². The largest absolute Gasteiger partial charge is 0.756 e. The molecule has 0 radical (unpaired) electrons. The van der Waals surface area contributed by atoms with E-state index in [1.807, 2.05) is 21.1 Å². The van der Waals surface area contributed by atoms with E-state index in [0.29, 0.717) is 17.4 Å². The fraction of sp³-hybridized carbons (Fsp3) is 0.750. The van der Waals surface area contributed by atoms with Crippen molar-refractivity contribution in [2.45, 2.75) is 187 Å². The van der Waals surface area contributed by atoms with E-state index in [1.165, 1.54) is 64.2 Å². The highest BCUT2D eigenvalue weighted by molar-refractivity contribution is 7.45. The minimum absolute atomic E-state index is 0.0365. The number of allylic oxidation sites excluding steroid dienone is 10. The monoisotopic (exact) mass is 836 g/mol. The molecule has 336 valence electrons. The maximum absolute atomic E-state index is 12.7. The number of carbonyl (C=O) groups excluding carboxylic acids is 2. The van der Waals surface area contributed by atoms with Gasteiger partial charge < -0.3 is 27.9 Å². The number of ether oxygens (including phenoxy) is 2. The van der Waals surface area contributed by atoms with Crippen molar-refractivity contribution < 1.29 is 42.1 Å². The van der Waals surface area contributed by atoms with Gasteiger partial charge in [0.15, 0.2) is 6.10 Å². The van der Waals surface area contributed by atoms with Gasteiger partial charge in [-0.15, -0.1) is 0 Å². The molecule has 0 aromatic rings. The number of esters is 2. The lowest BCUT2D eigenvalue weighted by atomic mass is 10.0. The molecule has 0 bridgehead atoms. The third-order valence-electron chi connectivity index (χ3n) is 9.55. The van der Waals surface area contributed by atoms with E-state index in [-0.39, 0.29) is 26.1 Å². The van der Waals surface area contributed by atoms with E-state index >= 15 is 0 Å². The van der Waals surface area contributed by atoms with Crippen LogP contribution in [0.2, 0.25) is 0 Å². The molecule has 0 N–H and O–H groups in total. The highest BCUT2D eigenvalue weighted by Gasteiger charge is 2.21. The summed E-state index contributed by atoms with van der Waals surface area (Å²) < 4.78 is 33.9. The maximum atomic E-state index is 12.7. The summed E-state index contributed by atoms with van der Waals surface area (Å²) in [6.07, 6.45) is 48.1. The highest BCUT2D eigenvalue weighted by atomic mass is 31.2. The lowest BCUT2D eigenvalue weighted by Gasteiger charge is -2.28. The molecule has 0 rings (SSSR count). The third kappa shape index (κ3) is 43.3. The minimum atomic E-state index is -4.63. The Morgan fingerprint density at radius 3 is 1.47 bits per heavy atom. The third-order valence-corrected chi connectivity index (χ3v) is 10.5. The number of hydrogen-bond donors (Lipinski definition) is 0. The fourth-order valence-corrected chi connectivity index (χ4v) is 6.70. The number of quaternary nitrogens is 1. The molecule has 0 amide bonds. The number of phosphoric acid groups is 1. The summed E-state index contributed by atoms with van der Waals surface area (Å²) in [5.41, 5.74) is 0. The van der Waals surface area contributed by atoms with E-state index in [1.54, 1.807) is 0 Å². The Balaban J connectivity index is 4.37. The van der Waals surface area contributed by atoms with Crippen LogP contribution in [0.3, 0.4) is 0 Å². The van der Waals surface area contributed by atoms with Gasteiger partial charge in [-0.25, -0.2) is 0 Å². The van der Waals surface area contributed by atoms with Crippen LogP contribution in [0.1, 0.15) is 181 Å². The normalized spacial score (nSPS) is 14.1. The van der Waals surface area contributed by atoms with Crippen molar-refractivity contribution in [1.29, 1.82) is 0 Å². The van der Waals surface area contributed by atoms with Crippen LogP contribution in [0.25, 0.3) is 0 Å². The van der Waals surface area contributed by atoms with Crippen LogP contribution >= 0.6 is 7.82 Å². The van der Waals surface area contributed by atoms with Crippen LogP contribution in [-0.2, 0) is 32.7 Å². The molecule has 0 saturated carbocycles. The summed E-state index contributed by atoms with van der Waals surface area (Å²) in [7, 11) is 1.15. The molecule has 2 atom stereocenters. The minimum Gasteiger partial charge on any atom is -0.756 e. The zero-order valence-electron chi connectivity index (χ0n) is 37.7. The highest BCUT2D eigenvalue weighted by Crippen LogP contribution is 2.38. The molecule has 0 saturated heterocycles. The number of phosphoric ester groups is 1. The first-order chi connectivity index (χ1) is 28.0. The molecule has 9 nitrogen and oxygen atoms in total. The van der Waals surface area contributed by atoms with Gasteiger partial charge in [-0.3, -0.25) is 14.2 Å².